The zero-order valence-electron chi connectivity index (χ0n) is 21.9. The van der Waals surface area contributed by atoms with E-state index >= 15 is 0 Å². The molecule has 0 aromatic heterocycles. The number of unbranched alkanes of at least 4 members (excludes halogenated alkanes) is 4. The molecule has 0 spiro atoms. The molecule has 0 unspecified atom stereocenters. The lowest BCUT2D eigenvalue weighted by atomic mass is 9.75. The molecule has 0 saturated carbocycles. The number of aryl methyl sites for hydroxylation is 2. The van der Waals surface area contributed by atoms with Gasteiger partial charge in [0.05, 0.1) is 0 Å². The van der Waals surface area contributed by atoms with Crippen LogP contribution in [0.15, 0.2) is 46.6 Å². The second kappa shape index (κ2) is 11.5. The Balaban J connectivity index is 1.89. The van der Waals surface area contributed by atoms with Gasteiger partial charge in [-0.25, -0.2) is 0 Å². The standard InChI is InChI=1S/C33H46/c1-5-9-15-24-21-25(16-10-6-2)31-23-33-29(18-12-8-4)27-20-14-13-19-26(27)28(17-11-7-3)32(33)22-30(24)31/h13-14,19-20H,5-12,15-18,21-23H2,1-4H3. The Hall–Kier alpha value is -1.82. The van der Waals surface area contributed by atoms with Crippen LogP contribution in [0.4, 0.5) is 0 Å². The van der Waals surface area contributed by atoms with Gasteiger partial charge in [-0.05, 0) is 115 Å². The Bertz CT molecular complexity index is 947. The van der Waals surface area contributed by atoms with Gasteiger partial charge in [-0.2, -0.15) is 0 Å². The van der Waals surface area contributed by atoms with E-state index in [9.17, 15) is 0 Å². The van der Waals surface area contributed by atoms with Crippen molar-refractivity contribution in [3.8, 4) is 0 Å². The molecule has 4 rings (SSSR count). The second-order valence-corrected chi connectivity index (χ2v) is 10.6. The van der Waals surface area contributed by atoms with Crippen LogP contribution in [0.5, 0.6) is 0 Å². The minimum Gasteiger partial charge on any atom is -0.0654 e. The van der Waals surface area contributed by atoms with E-state index < -0.39 is 0 Å². The summed E-state index contributed by atoms with van der Waals surface area (Å²) < 4.78 is 0. The molecule has 2 aliphatic rings. The monoisotopic (exact) mass is 442 g/mol. The molecule has 0 amide bonds. The Morgan fingerprint density at radius 2 is 0.909 bits per heavy atom. The summed E-state index contributed by atoms with van der Waals surface area (Å²) in [6.45, 7) is 9.37. The summed E-state index contributed by atoms with van der Waals surface area (Å²) in [6, 6.07) is 9.39. The van der Waals surface area contributed by atoms with Crippen molar-refractivity contribution < 1.29 is 0 Å². The number of fused-ring (bicyclic) bond motifs is 3. The van der Waals surface area contributed by atoms with Crippen LogP contribution in [0.2, 0.25) is 0 Å². The SMILES string of the molecule is CCCCC1=C2Cc3c(c(CCCC)c4ccccc4c3CCCC)CC2=C(CCCC)C1. The van der Waals surface area contributed by atoms with Crippen molar-refractivity contribution in [3.63, 3.8) is 0 Å². The van der Waals surface area contributed by atoms with Gasteiger partial charge in [0.15, 0.2) is 0 Å². The third-order valence-electron chi connectivity index (χ3n) is 8.25. The van der Waals surface area contributed by atoms with Crippen molar-refractivity contribution >= 4 is 10.8 Å². The van der Waals surface area contributed by atoms with Gasteiger partial charge in [0, 0.05) is 0 Å². The molecule has 0 radical (unpaired) electrons. The lowest BCUT2D eigenvalue weighted by Crippen LogP contribution is -2.16. The van der Waals surface area contributed by atoms with E-state index in [1.165, 1.54) is 96.3 Å². The van der Waals surface area contributed by atoms with Gasteiger partial charge in [0.1, 0.15) is 0 Å². The van der Waals surface area contributed by atoms with Crippen molar-refractivity contribution in [2.24, 2.45) is 0 Å². The minimum absolute atomic E-state index is 1.21. The van der Waals surface area contributed by atoms with Crippen LogP contribution in [-0.4, -0.2) is 0 Å². The fourth-order valence-electron chi connectivity index (χ4n) is 6.38. The molecule has 0 N–H and O–H groups in total. The highest BCUT2D eigenvalue weighted by Crippen LogP contribution is 2.47. The molecule has 178 valence electrons. The number of hydrogen-bond acceptors (Lipinski definition) is 0. The molecule has 0 heteroatoms. The Kier molecular flexibility index (Phi) is 8.50. The van der Waals surface area contributed by atoms with Gasteiger partial charge in [-0.3, -0.25) is 0 Å². The second-order valence-electron chi connectivity index (χ2n) is 10.6. The van der Waals surface area contributed by atoms with Crippen molar-refractivity contribution in [2.45, 2.75) is 124 Å². The van der Waals surface area contributed by atoms with E-state index in [0.29, 0.717) is 0 Å². The molecular weight excluding hydrogens is 396 g/mol. The maximum Gasteiger partial charge on any atom is -0.00174 e. The quantitative estimate of drug-likeness (QED) is 0.307. The average Bonchev–Trinajstić information content (AvgIpc) is 3.18. The van der Waals surface area contributed by atoms with Crippen LogP contribution in [0, 0.1) is 0 Å². The normalized spacial score (nSPS) is 15.5. The molecule has 2 aromatic rings. The van der Waals surface area contributed by atoms with Gasteiger partial charge in [-0.15, -0.1) is 0 Å². The van der Waals surface area contributed by atoms with Gasteiger partial charge in [0.2, 0.25) is 0 Å². The topological polar surface area (TPSA) is 0 Å². The van der Waals surface area contributed by atoms with Gasteiger partial charge in [0.25, 0.3) is 0 Å². The third kappa shape index (κ3) is 5.01. The highest BCUT2D eigenvalue weighted by Gasteiger charge is 2.31. The van der Waals surface area contributed by atoms with Crippen LogP contribution in [0.3, 0.4) is 0 Å². The fraction of sp³-hybridized carbons (Fsp3) is 0.576. The summed E-state index contributed by atoms with van der Waals surface area (Å²) in [5, 5.41) is 3.12. The van der Waals surface area contributed by atoms with Crippen molar-refractivity contribution in [1.29, 1.82) is 0 Å². The number of hydrogen-bond donors (Lipinski definition) is 0. The zero-order valence-corrected chi connectivity index (χ0v) is 21.9. The predicted molar refractivity (Wildman–Crippen MR) is 146 cm³/mol. The van der Waals surface area contributed by atoms with Gasteiger partial charge < -0.3 is 0 Å². The Morgan fingerprint density at radius 1 is 0.515 bits per heavy atom. The van der Waals surface area contributed by atoms with E-state index in [1.807, 2.05) is 0 Å². The van der Waals surface area contributed by atoms with E-state index in [4.69, 9.17) is 0 Å². The smallest absolute Gasteiger partial charge is 0.00174 e. The van der Waals surface area contributed by atoms with Crippen LogP contribution in [-0.2, 0) is 25.7 Å². The van der Waals surface area contributed by atoms with Crippen LogP contribution in [0.25, 0.3) is 10.8 Å². The van der Waals surface area contributed by atoms with Crippen LogP contribution < -0.4 is 0 Å². The highest BCUT2D eigenvalue weighted by molar-refractivity contribution is 5.92. The maximum atomic E-state index is 2.43. The first-order valence-corrected chi connectivity index (χ1v) is 14.2. The molecular formula is C33H46. The van der Waals surface area contributed by atoms with Crippen LogP contribution in [0.1, 0.15) is 121 Å². The first-order chi connectivity index (χ1) is 16.2. The summed E-state index contributed by atoms with van der Waals surface area (Å²) in [5.41, 5.74) is 14.0. The van der Waals surface area contributed by atoms with Gasteiger partial charge >= 0.3 is 0 Å². The molecule has 0 heterocycles. The fourth-order valence-corrected chi connectivity index (χ4v) is 6.38. The summed E-state index contributed by atoms with van der Waals surface area (Å²) in [6.07, 6.45) is 19.3. The average molecular weight is 443 g/mol. The van der Waals surface area contributed by atoms with E-state index in [2.05, 4.69) is 52.0 Å². The summed E-state index contributed by atoms with van der Waals surface area (Å²) in [7, 11) is 0. The zero-order chi connectivity index (χ0) is 23.2. The molecule has 0 bridgehead atoms. The Morgan fingerprint density at radius 3 is 1.30 bits per heavy atom. The van der Waals surface area contributed by atoms with E-state index in [1.54, 1.807) is 55.3 Å². The lowest BCUT2D eigenvalue weighted by Gasteiger charge is -2.29. The van der Waals surface area contributed by atoms with Crippen LogP contribution >= 0.6 is 0 Å². The molecule has 2 aliphatic carbocycles. The number of rotatable bonds is 12. The molecule has 0 saturated heterocycles. The first-order valence-electron chi connectivity index (χ1n) is 14.2. The van der Waals surface area contributed by atoms with E-state index in [-0.39, 0.29) is 0 Å². The molecule has 33 heavy (non-hydrogen) atoms. The summed E-state index contributed by atoms with van der Waals surface area (Å²) >= 11 is 0. The van der Waals surface area contributed by atoms with Gasteiger partial charge in [-0.1, -0.05) is 88.8 Å². The highest BCUT2D eigenvalue weighted by atomic mass is 14.4. The first kappa shape index (κ1) is 24.3. The largest absolute Gasteiger partial charge is 0.0654 e. The lowest BCUT2D eigenvalue weighted by molar-refractivity contribution is 0.742. The molecule has 0 atom stereocenters. The summed E-state index contributed by atoms with van der Waals surface area (Å²) in [5.74, 6) is 0. The van der Waals surface area contributed by atoms with Crippen molar-refractivity contribution in [3.05, 3.63) is 68.8 Å². The molecule has 0 aliphatic heterocycles. The molecule has 2 aromatic carbocycles. The molecule has 0 fully saturated rings. The maximum absolute atomic E-state index is 2.43. The van der Waals surface area contributed by atoms with E-state index in [0.717, 1.165) is 0 Å². The third-order valence-corrected chi connectivity index (χ3v) is 8.25. The number of allylic oxidation sites excluding steroid dienone is 4. The molecule has 0 nitrogen and oxygen atoms in total. The number of benzene rings is 2. The summed E-state index contributed by atoms with van der Waals surface area (Å²) in [4.78, 5) is 0. The van der Waals surface area contributed by atoms with Crippen molar-refractivity contribution in [2.75, 3.05) is 0 Å². The Labute approximate surface area is 203 Å². The van der Waals surface area contributed by atoms with Crippen molar-refractivity contribution in [1.82, 2.24) is 0 Å². The minimum atomic E-state index is 1.21. The predicted octanol–water partition coefficient (Wildman–Crippen LogP) is 10.0.